The predicted octanol–water partition coefficient (Wildman–Crippen LogP) is 5.45. The molecule has 0 unspecified atom stereocenters. The lowest BCUT2D eigenvalue weighted by Gasteiger charge is -2.39. The summed E-state index contributed by atoms with van der Waals surface area (Å²) in [5.41, 5.74) is 3.57. The molecule has 7 heteroatoms. The van der Waals surface area contributed by atoms with E-state index in [4.69, 9.17) is 14.2 Å². The van der Waals surface area contributed by atoms with Gasteiger partial charge in [-0.05, 0) is 42.5 Å². The Balaban J connectivity index is 1.60. The van der Waals surface area contributed by atoms with Crippen molar-refractivity contribution in [3.05, 3.63) is 108 Å². The minimum absolute atomic E-state index is 0.146. The first-order valence-electron chi connectivity index (χ1n) is 11.2. The topological polar surface area (TPSA) is 72.9 Å². The average Bonchev–Trinajstić information content (AvgIpc) is 2.92. The fourth-order valence-electron chi connectivity index (χ4n) is 4.18. The molecule has 0 saturated heterocycles. The van der Waals surface area contributed by atoms with E-state index in [1.807, 2.05) is 78.9 Å². The third-order valence-corrected chi connectivity index (χ3v) is 5.89. The number of carbonyl (C=O) groups is 1. The molecular weight excluding hydrogens is 442 g/mol. The number of anilines is 2. The van der Waals surface area contributed by atoms with Gasteiger partial charge in [0.1, 0.15) is 30.0 Å². The second kappa shape index (κ2) is 9.77. The highest BCUT2D eigenvalue weighted by Gasteiger charge is 2.37. The first-order valence-corrected chi connectivity index (χ1v) is 11.2. The number of nitrogens with one attached hydrogen (secondary N) is 1. The average molecular weight is 468 g/mol. The van der Waals surface area contributed by atoms with Crippen molar-refractivity contribution in [1.29, 1.82) is 0 Å². The molecule has 1 aliphatic heterocycles. The van der Waals surface area contributed by atoms with E-state index in [2.05, 4.69) is 10.3 Å². The molecule has 0 spiro atoms. The van der Waals surface area contributed by atoms with E-state index in [0.717, 1.165) is 16.9 Å². The molecule has 2 heterocycles. The van der Waals surface area contributed by atoms with Crippen molar-refractivity contribution in [2.45, 2.75) is 12.8 Å². The van der Waals surface area contributed by atoms with Crippen LogP contribution in [-0.2, 0) is 6.61 Å². The van der Waals surface area contributed by atoms with Gasteiger partial charge in [0.2, 0.25) is 0 Å². The van der Waals surface area contributed by atoms with Gasteiger partial charge in [0, 0.05) is 23.5 Å². The number of para-hydroxylation sites is 2. The summed E-state index contributed by atoms with van der Waals surface area (Å²) in [6.07, 6.45) is 1.19. The fraction of sp³-hybridized carbons (Fsp3) is 0.143. The Morgan fingerprint density at radius 3 is 2.49 bits per heavy atom. The lowest BCUT2D eigenvalue weighted by atomic mass is 10.0. The SMILES string of the molecule is COc1ccc(N2C(=O)c3ccccc3N[C@H]2c2ccccc2OCc2ccccn2)c(OC)c1. The molecule has 1 atom stereocenters. The lowest BCUT2D eigenvalue weighted by molar-refractivity contribution is 0.0973. The summed E-state index contributed by atoms with van der Waals surface area (Å²) in [5, 5.41) is 3.53. The smallest absolute Gasteiger partial charge is 0.262 e. The van der Waals surface area contributed by atoms with E-state index in [1.165, 1.54) is 0 Å². The Hall–Kier alpha value is -4.52. The zero-order chi connectivity index (χ0) is 24.2. The molecule has 35 heavy (non-hydrogen) atoms. The minimum atomic E-state index is -0.542. The van der Waals surface area contributed by atoms with Crippen LogP contribution >= 0.6 is 0 Å². The van der Waals surface area contributed by atoms with Gasteiger partial charge < -0.3 is 19.5 Å². The van der Waals surface area contributed by atoms with E-state index in [1.54, 1.807) is 31.4 Å². The van der Waals surface area contributed by atoms with Gasteiger partial charge in [0.25, 0.3) is 5.91 Å². The van der Waals surface area contributed by atoms with Crippen LogP contribution in [0.4, 0.5) is 11.4 Å². The summed E-state index contributed by atoms with van der Waals surface area (Å²) in [4.78, 5) is 19.9. The van der Waals surface area contributed by atoms with Crippen molar-refractivity contribution in [2.75, 3.05) is 24.4 Å². The molecule has 1 amide bonds. The predicted molar refractivity (Wildman–Crippen MR) is 134 cm³/mol. The maximum atomic E-state index is 13.9. The van der Waals surface area contributed by atoms with Crippen molar-refractivity contribution in [3.63, 3.8) is 0 Å². The van der Waals surface area contributed by atoms with Crippen LogP contribution in [0, 0.1) is 0 Å². The van der Waals surface area contributed by atoms with Gasteiger partial charge in [-0.25, -0.2) is 0 Å². The maximum Gasteiger partial charge on any atom is 0.262 e. The zero-order valence-corrected chi connectivity index (χ0v) is 19.5. The Morgan fingerprint density at radius 2 is 1.69 bits per heavy atom. The number of ether oxygens (including phenoxy) is 3. The highest BCUT2D eigenvalue weighted by molar-refractivity contribution is 6.12. The summed E-state index contributed by atoms with van der Waals surface area (Å²) in [7, 11) is 3.17. The van der Waals surface area contributed by atoms with E-state index in [-0.39, 0.29) is 5.91 Å². The van der Waals surface area contributed by atoms with E-state index >= 15 is 0 Å². The van der Waals surface area contributed by atoms with Gasteiger partial charge in [-0.2, -0.15) is 0 Å². The number of hydrogen-bond donors (Lipinski definition) is 1. The summed E-state index contributed by atoms with van der Waals surface area (Å²) >= 11 is 0. The number of amides is 1. The van der Waals surface area contributed by atoms with Gasteiger partial charge in [-0.15, -0.1) is 0 Å². The van der Waals surface area contributed by atoms with Crippen molar-refractivity contribution >= 4 is 17.3 Å². The first-order chi connectivity index (χ1) is 17.2. The summed E-state index contributed by atoms with van der Waals surface area (Å²) in [6.45, 7) is 0.307. The molecule has 1 N–H and O–H groups in total. The van der Waals surface area contributed by atoms with Gasteiger partial charge in [0.05, 0.1) is 31.2 Å². The summed E-state index contributed by atoms with van der Waals surface area (Å²) in [5.74, 6) is 1.67. The van der Waals surface area contributed by atoms with Gasteiger partial charge in [-0.1, -0.05) is 36.4 Å². The molecular formula is C28H25N3O4. The van der Waals surface area contributed by atoms with Crippen LogP contribution in [-0.4, -0.2) is 25.1 Å². The fourth-order valence-corrected chi connectivity index (χ4v) is 4.18. The molecule has 176 valence electrons. The number of rotatable bonds is 7. The summed E-state index contributed by atoms with van der Waals surface area (Å²) in [6, 6.07) is 26.3. The molecule has 0 radical (unpaired) electrons. The lowest BCUT2D eigenvalue weighted by Crippen LogP contribution is -2.43. The third-order valence-electron chi connectivity index (χ3n) is 5.89. The summed E-state index contributed by atoms with van der Waals surface area (Å²) < 4.78 is 17.2. The number of hydrogen-bond acceptors (Lipinski definition) is 6. The molecule has 0 saturated carbocycles. The highest BCUT2D eigenvalue weighted by Crippen LogP contribution is 2.43. The number of nitrogens with zero attached hydrogens (tertiary/aromatic N) is 2. The largest absolute Gasteiger partial charge is 0.497 e. The van der Waals surface area contributed by atoms with Crippen LogP contribution in [0.5, 0.6) is 17.2 Å². The Labute approximate surface area is 203 Å². The molecule has 1 aliphatic rings. The van der Waals surface area contributed by atoms with Crippen molar-refractivity contribution in [3.8, 4) is 17.2 Å². The normalized spacial score (nSPS) is 14.6. The second-order valence-corrected chi connectivity index (χ2v) is 7.95. The van der Waals surface area contributed by atoms with E-state index in [9.17, 15) is 4.79 Å². The number of pyridine rings is 1. The monoisotopic (exact) mass is 467 g/mol. The standard InChI is InChI=1S/C28H25N3O4/c1-33-20-14-15-24(26(17-20)34-2)31-27(30-23-12-5-3-10-21(23)28(31)32)22-11-4-6-13-25(22)35-18-19-9-7-8-16-29-19/h3-17,27,30H,18H2,1-2H3/t27-/m1/s1. The quantitative estimate of drug-likeness (QED) is 0.390. The molecule has 4 aromatic rings. The number of benzene rings is 3. The highest BCUT2D eigenvalue weighted by atomic mass is 16.5. The first kappa shape index (κ1) is 22.3. The minimum Gasteiger partial charge on any atom is -0.497 e. The molecule has 1 aromatic heterocycles. The van der Waals surface area contributed by atoms with Crippen molar-refractivity contribution < 1.29 is 19.0 Å². The number of fused-ring (bicyclic) bond motifs is 1. The van der Waals surface area contributed by atoms with Crippen LogP contribution in [0.2, 0.25) is 0 Å². The van der Waals surface area contributed by atoms with E-state index in [0.29, 0.717) is 35.1 Å². The molecule has 0 fully saturated rings. The van der Waals surface area contributed by atoms with E-state index < -0.39 is 6.17 Å². The maximum absolute atomic E-state index is 13.9. The van der Waals surface area contributed by atoms with Crippen LogP contribution in [0.3, 0.4) is 0 Å². The molecule has 7 nitrogen and oxygen atoms in total. The second-order valence-electron chi connectivity index (χ2n) is 7.95. The van der Waals surface area contributed by atoms with Crippen LogP contribution in [0.25, 0.3) is 0 Å². The number of carbonyl (C=O) groups excluding carboxylic acids is 1. The molecule has 5 rings (SSSR count). The Kier molecular flexibility index (Phi) is 6.22. The Morgan fingerprint density at radius 1 is 0.886 bits per heavy atom. The van der Waals surface area contributed by atoms with Crippen LogP contribution in [0.15, 0.2) is 91.1 Å². The van der Waals surface area contributed by atoms with Crippen molar-refractivity contribution in [2.24, 2.45) is 0 Å². The van der Waals surface area contributed by atoms with Crippen LogP contribution in [0.1, 0.15) is 27.8 Å². The zero-order valence-electron chi connectivity index (χ0n) is 19.5. The van der Waals surface area contributed by atoms with Gasteiger partial charge >= 0.3 is 0 Å². The molecule has 0 bridgehead atoms. The molecule has 0 aliphatic carbocycles. The number of methoxy groups -OCH3 is 2. The Bertz CT molecular complexity index is 1340. The number of aromatic nitrogens is 1. The molecule has 3 aromatic carbocycles. The van der Waals surface area contributed by atoms with Gasteiger partial charge in [0.15, 0.2) is 0 Å². The van der Waals surface area contributed by atoms with Crippen LogP contribution < -0.4 is 24.4 Å². The third kappa shape index (κ3) is 4.36. The van der Waals surface area contributed by atoms with Crippen molar-refractivity contribution in [1.82, 2.24) is 4.98 Å². The van der Waals surface area contributed by atoms with Gasteiger partial charge in [-0.3, -0.25) is 14.7 Å².